The van der Waals surface area contributed by atoms with Gasteiger partial charge >= 0.3 is 33.5 Å². The second kappa shape index (κ2) is 6.05. The van der Waals surface area contributed by atoms with Crippen LogP contribution in [-0.4, -0.2) is 40.6 Å². The fraction of sp³-hybridized carbons (Fsp3) is 0. The Morgan fingerprint density at radius 1 is 1.29 bits per heavy atom. The minimum atomic E-state index is -4.67. The van der Waals surface area contributed by atoms with Gasteiger partial charge in [-0.2, -0.15) is 8.42 Å². The number of rotatable bonds is 0. The summed E-state index contributed by atoms with van der Waals surface area (Å²) in [5.41, 5.74) is 0. The summed E-state index contributed by atoms with van der Waals surface area (Å²) >= 11 is 0. The van der Waals surface area contributed by atoms with Crippen LogP contribution in [0.5, 0.6) is 0 Å². The van der Waals surface area contributed by atoms with E-state index in [2.05, 4.69) is 0 Å². The third-order valence-corrected chi connectivity index (χ3v) is 0. The monoisotopic (exact) mass is 283 g/mol. The van der Waals surface area contributed by atoms with Crippen molar-refractivity contribution in [2.75, 3.05) is 0 Å². The Morgan fingerprint density at radius 2 is 1.29 bits per heavy atom. The predicted octanol–water partition coefficient (Wildman–Crippen LogP) is -0.809. The van der Waals surface area contributed by atoms with E-state index in [4.69, 9.17) is 17.5 Å². The number of hydrogen-bond acceptors (Lipinski definition) is 2. The fourth-order valence-corrected chi connectivity index (χ4v) is 0. The molecule has 1 radical (unpaired) electrons. The van der Waals surface area contributed by atoms with Crippen molar-refractivity contribution in [2.24, 2.45) is 0 Å². The summed E-state index contributed by atoms with van der Waals surface area (Å²) in [7, 11) is -4.67. The van der Waals surface area contributed by atoms with E-state index in [1.165, 1.54) is 0 Å². The molecule has 0 aliphatic heterocycles. The van der Waals surface area contributed by atoms with Gasteiger partial charge in [-0.1, -0.05) is 0 Å². The smallest absolute Gasteiger partial charge is 1.00 e. The largest absolute Gasteiger partial charge is 2.00 e. The van der Waals surface area contributed by atoms with Crippen LogP contribution in [-0.2, 0) is 10.4 Å². The summed E-state index contributed by atoms with van der Waals surface area (Å²) < 4.78 is 31.6. The van der Waals surface area contributed by atoms with E-state index >= 15 is 0 Å². The first-order chi connectivity index (χ1) is 2.00. The summed E-state index contributed by atoms with van der Waals surface area (Å²) in [4.78, 5) is 0. The molecule has 0 saturated carbocycles. The summed E-state index contributed by atoms with van der Waals surface area (Å²) in [6, 6.07) is 0. The quantitative estimate of drug-likeness (QED) is 0.450. The van der Waals surface area contributed by atoms with E-state index in [0.29, 0.717) is 0 Å². The van der Waals surface area contributed by atoms with Crippen LogP contribution in [0.4, 0.5) is 0 Å². The third-order valence-electron chi connectivity index (χ3n) is 0. The Kier molecular flexibility index (Phi) is 13.8. The van der Waals surface area contributed by atoms with Crippen LogP contribution < -0.4 is 0 Å². The third kappa shape index (κ3) is 75.2. The molecule has 4 nitrogen and oxygen atoms in total. The number of hydrogen-bond donors (Lipinski definition) is 2. The van der Waals surface area contributed by atoms with Crippen LogP contribution in [0, 0.1) is 38.6 Å². The van der Waals surface area contributed by atoms with Crippen LogP contribution in [0.25, 0.3) is 0 Å². The van der Waals surface area contributed by atoms with Gasteiger partial charge in [-0.25, -0.2) is 0 Å². The zero-order valence-corrected chi connectivity index (χ0v) is 7.53. The summed E-state index contributed by atoms with van der Waals surface area (Å²) in [5.74, 6) is 0. The van der Waals surface area contributed by atoms with E-state index in [-0.39, 0.29) is 64.5 Å². The van der Waals surface area contributed by atoms with Gasteiger partial charge in [0.15, 0.2) is 0 Å². The zero-order valence-electron chi connectivity index (χ0n) is 5.16. The maximum Gasteiger partial charge on any atom is 2.00 e. The van der Waals surface area contributed by atoms with Gasteiger partial charge in [0.05, 0.1) is 0 Å². The average molecular weight is 283 g/mol. The summed E-state index contributed by atoms with van der Waals surface area (Å²) in [6.45, 7) is 0. The molecular formula is H4MgO4STb. The maximum atomic E-state index is 8.74. The molecule has 0 saturated heterocycles. The van der Waals surface area contributed by atoms with Crippen molar-refractivity contribution in [2.45, 2.75) is 0 Å². The van der Waals surface area contributed by atoms with Gasteiger partial charge in [0.25, 0.3) is 0 Å². The van der Waals surface area contributed by atoms with Crippen LogP contribution in [0.1, 0.15) is 2.85 Å². The molecule has 0 heterocycles. The van der Waals surface area contributed by atoms with Crippen LogP contribution >= 0.6 is 0 Å². The van der Waals surface area contributed by atoms with Crippen molar-refractivity contribution in [3.8, 4) is 0 Å². The minimum absolute atomic E-state index is 0. The van der Waals surface area contributed by atoms with E-state index in [9.17, 15) is 0 Å². The Hall–Kier alpha value is 1.92. The molecule has 0 amide bonds. The molecule has 0 aromatic rings. The summed E-state index contributed by atoms with van der Waals surface area (Å²) in [5, 5.41) is 0. The van der Waals surface area contributed by atoms with Gasteiger partial charge < -0.3 is 2.85 Å². The molecule has 0 bridgehead atoms. The average Bonchev–Trinajstić information content (AvgIpc) is 0.722. The first-order valence-corrected chi connectivity index (χ1v) is 2.10. The molecule has 0 spiro atoms. The van der Waals surface area contributed by atoms with E-state index < -0.39 is 10.4 Å². The molecule has 0 rings (SSSR count). The van der Waals surface area contributed by atoms with Gasteiger partial charge in [0.2, 0.25) is 0 Å². The van der Waals surface area contributed by atoms with Crippen molar-refractivity contribution in [3.63, 3.8) is 0 Å². The normalized spacial score (nSPS) is 8.29. The van der Waals surface area contributed by atoms with Crippen molar-refractivity contribution in [3.05, 3.63) is 0 Å². The molecule has 0 unspecified atom stereocenters. The van der Waals surface area contributed by atoms with Crippen molar-refractivity contribution in [1.29, 1.82) is 0 Å². The van der Waals surface area contributed by atoms with Crippen LogP contribution in [0.3, 0.4) is 0 Å². The minimum Gasteiger partial charge on any atom is -1.00 e. The SMILES string of the molecule is O=S(=O)(O)O.[H-].[H-].[Mg+2].[Tb]. The second-order valence-electron chi connectivity index (χ2n) is 0.448. The molecule has 0 aliphatic carbocycles. The van der Waals surface area contributed by atoms with Gasteiger partial charge in [-0.15, -0.1) is 0 Å². The second-order valence-corrected chi connectivity index (χ2v) is 1.34. The Labute approximate surface area is 91.2 Å². The first-order valence-electron chi connectivity index (χ1n) is 0.698. The molecule has 0 fully saturated rings. The predicted molar refractivity (Wildman–Crippen MR) is 22.2 cm³/mol. The Morgan fingerprint density at radius 3 is 1.29 bits per heavy atom. The topological polar surface area (TPSA) is 74.6 Å². The van der Waals surface area contributed by atoms with E-state index in [1.54, 1.807) is 0 Å². The van der Waals surface area contributed by atoms with E-state index in [1.807, 2.05) is 0 Å². The van der Waals surface area contributed by atoms with Crippen molar-refractivity contribution in [1.82, 2.24) is 0 Å². The molecule has 7 heavy (non-hydrogen) atoms. The molecule has 0 atom stereocenters. The molecule has 7 heteroatoms. The Balaban J connectivity index is -0.0000000133. The standard InChI is InChI=1S/Mg.H2O4S.Tb.2H/c;1-5(2,3)4;;;/h;(H2,1,2,3,4);;;/q+2;;;2*-1. The van der Waals surface area contributed by atoms with Crippen LogP contribution in [0.2, 0.25) is 0 Å². The first kappa shape index (κ1) is 16.0. The van der Waals surface area contributed by atoms with E-state index in [0.717, 1.165) is 0 Å². The van der Waals surface area contributed by atoms with Crippen molar-refractivity contribution < 1.29 is 59.0 Å². The van der Waals surface area contributed by atoms with Crippen LogP contribution in [0.15, 0.2) is 0 Å². The molecular weight excluding hydrogens is 279 g/mol. The van der Waals surface area contributed by atoms with Gasteiger partial charge in [0, 0.05) is 38.6 Å². The molecule has 0 aromatic carbocycles. The Bertz CT molecular complexity index is 102. The van der Waals surface area contributed by atoms with Gasteiger partial charge in [0.1, 0.15) is 0 Å². The van der Waals surface area contributed by atoms with Gasteiger partial charge in [-0.3, -0.25) is 9.11 Å². The molecule has 45 valence electrons. The maximum absolute atomic E-state index is 8.74. The molecule has 0 aromatic heterocycles. The van der Waals surface area contributed by atoms with Gasteiger partial charge in [-0.05, 0) is 0 Å². The zero-order chi connectivity index (χ0) is 4.50. The molecule has 0 aliphatic rings. The fourth-order valence-electron chi connectivity index (χ4n) is 0. The molecule has 2 N–H and O–H groups in total. The van der Waals surface area contributed by atoms with Crippen molar-refractivity contribution >= 4 is 33.5 Å². The summed E-state index contributed by atoms with van der Waals surface area (Å²) in [6.07, 6.45) is 0.